The van der Waals surface area contributed by atoms with Gasteiger partial charge in [0.2, 0.25) is 0 Å². The number of aryl methyl sites for hydroxylation is 1. The van der Waals surface area contributed by atoms with E-state index in [4.69, 9.17) is 0 Å². The second-order valence-corrected chi connectivity index (χ2v) is 7.05. The Morgan fingerprint density at radius 1 is 1.04 bits per heavy atom. The maximum absolute atomic E-state index is 12.4. The molecule has 0 radical (unpaired) electrons. The molecule has 1 N–H and O–H groups in total. The minimum absolute atomic E-state index is 0.203. The third-order valence-corrected chi connectivity index (χ3v) is 5.45. The third kappa shape index (κ3) is 2.20. The molecule has 0 fully saturated rings. The highest BCUT2D eigenvalue weighted by Gasteiger charge is 2.18. The molecule has 0 amide bonds. The molecule has 0 saturated heterocycles. The Bertz CT molecular complexity index is 1280. The Balaban J connectivity index is 1.88. The summed E-state index contributed by atoms with van der Waals surface area (Å²) in [7, 11) is 0. The van der Waals surface area contributed by atoms with Crippen LogP contribution in [0.2, 0.25) is 0 Å². The number of benzene rings is 1. The van der Waals surface area contributed by atoms with Gasteiger partial charge >= 0.3 is 0 Å². The lowest BCUT2D eigenvalue weighted by atomic mass is 10.2. The molecule has 7 heteroatoms. The van der Waals surface area contributed by atoms with Gasteiger partial charge in [-0.05, 0) is 51.1 Å². The first-order valence-corrected chi connectivity index (χ1v) is 8.55. The van der Waals surface area contributed by atoms with Crippen LogP contribution < -0.4 is 11.1 Å². The van der Waals surface area contributed by atoms with Gasteiger partial charge in [-0.1, -0.05) is 0 Å². The molecule has 0 aliphatic carbocycles. The quantitative estimate of drug-likeness (QED) is 0.601. The molecule has 126 valence electrons. The minimum atomic E-state index is -0.296. The fourth-order valence-corrected chi connectivity index (χ4v) is 3.86. The van der Waals surface area contributed by atoms with Crippen LogP contribution in [-0.2, 0) is 0 Å². The largest absolute Gasteiger partial charge is 0.508 e. The average Bonchev–Trinajstić information content (AvgIpc) is 3.16. The van der Waals surface area contributed by atoms with Crippen molar-refractivity contribution < 1.29 is 5.11 Å². The van der Waals surface area contributed by atoms with Crippen molar-refractivity contribution in [3.05, 3.63) is 66.4 Å². The summed E-state index contributed by atoms with van der Waals surface area (Å²) < 4.78 is 3.72. The number of phenols is 1. The predicted octanol–water partition coefficient (Wildman–Crippen LogP) is 2.61. The molecule has 0 atom stereocenters. The van der Waals surface area contributed by atoms with Crippen LogP contribution in [0, 0.1) is 20.8 Å². The normalized spacial score (nSPS) is 12.1. The number of hydrogen-bond acceptors (Lipinski definition) is 5. The minimum Gasteiger partial charge on any atom is -0.508 e. The Morgan fingerprint density at radius 2 is 1.76 bits per heavy atom. The molecular formula is C18H15N3O3S. The molecule has 4 aromatic rings. The number of phenolic OH excluding ortho intramolecular Hbond substituents is 1. The molecule has 6 nitrogen and oxygen atoms in total. The number of thiazole rings is 1. The molecule has 0 unspecified atom stereocenters. The van der Waals surface area contributed by atoms with Crippen molar-refractivity contribution >= 4 is 33.7 Å². The summed E-state index contributed by atoms with van der Waals surface area (Å²) in [5.74, 6) is 0.203. The summed E-state index contributed by atoms with van der Waals surface area (Å²) in [6.07, 6.45) is 3.63. The van der Waals surface area contributed by atoms with Crippen LogP contribution in [0.3, 0.4) is 0 Å². The van der Waals surface area contributed by atoms with Gasteiger partial charge in [-0.3, -0.25) is 9.59 Å². The van der Waals surface area contributed by atoms with E-state index in [0.717, 1.165) is 20.9 Å². The van der Waals surface area contributed by atoms with Gasteiger partial charge in [0, 0.05) is 16.8 Å². The Labute approximate surface area is 146 Å². The molecule has 0 aliphatic rings. The summed E-state index contributed by atoms with van der Waals surface area (Å²) >= 11 is 1.45. The van der Waals surface area contributed by atoms with Crippen molar-refractivity contribution in [3.8, 4) is 5.75 Å². The van der Waals surface area contributed by atoms with E-state index in [1.165, 1.54) is 15.9 Å². The Morgan fingerprint density at radius 3 is 2.52 bits per heavy atom. The topological polar surface area (TPSA) is 76.1 Å². The number of nitrogens with zero attached hydrogens (tertiary/aromatic N) is 3. The third-order valence-electron chi connectivity index (χ3n) is 4.47. The first-order valence-electron chi connectivity index (χ1n) is 7.73. The number of aromatic hydroxyl groups is 1. The first-order chi connectivity index (χ1) is 11.9. The van der Waals surface area contributed by atoms with Crippen molar-refractivity contribution in [3.63, 3.8) is 0 Å². The summed E-state index contributed by atoms with van der Waals surface area (Å²) in [5.41, 5.74) is 2.76. The van der Waals surface area contributed by atoms with E-state index in [-0.39, 0.29) is 16.9 Å². The van der Waals surface area contributed by atoms with Crippen LogP contribution in [0.25, 0.3) is 22.4 Å². The van der Waals surface area contributed by atoms with Crippen molar-refractivity contribution in [2.24, 2.45) is 0 Å². The smallest absolute Gasteiger partial charge is 0.278 e. The number of fused-ring (bicyclic) bond motifs is 2. The summed E-state index contributed by atoms with van der Waals surface area (Å²) in [6, 6.07) is 5.03. The van der Waals surface area contributed by atoms with Crippen LogP contribution >= 0.6 is 11.3 Å². The van der Waals surface area contributed by atoms with Gasteiger partial charge in [-0.25, -0.2) is 9.50 Å². The van der Waals surface area contributed by atoms with E-state index in [2.05, 4.69) is 4.98 Å². The SMILES string of the molecule is Cc1c(C)n2c(/C=C/c3nc4ccc(O)cc4s3)c(C)c(=O)n2c1=O. The molecule has 25 heavy (non-hydrogen) atoms. The van der Waals surface area contributed by atoms with E-state index in [1.807, 2.05) is 13.0 Å². The highest BCUT2D eigenvalue weighted by atomic mass is 32.1. The molecule has 0 aliphatic heterocycles. The van der Waals surface area contributed by atoms with Gasteiger partial charge in [-0.15, -0.1) is 11.3 Å². The van der Waals surface area contributed by atoms with Gasteiger partial charge < -0.3 is 5.11 Å². The lowest BCUT2D eigenvalue weighted by molar-refractivity contribution is 0.476. The Hall–Kier alpha value is -2.93. The van der Waals surface area contributed by atoms with Gasteiger partial charge in [0.05, 0.1) is 15.9 Å². The molecule has 0 spiro atoms. The van der Waals surface area contributed by atoms with Gasteiger partial charge in [0.15, 0.2) is 0 Å². The molecule has 3 heterocycles. The van der Waals surface area contributed by atoms with Crippen molar-refractivity contribution in [2.45, 2.75) is 20.8 Å². The van der Waals surface area contributed by atoms with E-state index >= 15 is 0 Å². The van der Waals surface area contributed by atoms with Crippen LogP contribution in [0.15, 0.2) is 27.8 Å². The standard InChI is InChI=1S/C18H15N3O3S/c1-9-11(3)20-14(10(2)18(24)21(20)17(9)23)6-7-16-19-13-5-4-12(22)8-15(13)25-16/h4-8,22H,1-3H3/b7-6+. The first kappa shape index (κ1) is 15.6. The number of hydrogen-bond donors (Lipinski definition) is 1. The van der Waals surface area contributed by atoms with Crippen LogP contribution in [-0.4, -0.2) is 19.1 Å². The van der Waals surface area contributed by atoms with E-state index in [9.17, 15) is 14.7 Å². The predicted molar refractivity (Wildman–Crippen MR) is 99.0 cm³/mol. The average molecular weight is 353 g/mol. The molecule has 0 saturated carbocycles. The maximum Gasteiger partial charge on any atom is 0.278 e. The highest BCUT2D eigenvalue weighted by molar-refractivity contribution is 7.19. The second-order valence-electron chi connectivity index (χ2n) is 5.99. The second kappa shape index (κ2) is 5.29. The van der Waals surface area contributed by atoms with Crippen LogP contribution in [0.5, 0.6) is 5.75 Å². The molecule has 0 bridgehead atoms. The summed E-state index contributed by atoms with van der Waals surface area (Å²) in [6.45, 7) is 5.26. The van der Waals surface area contributed by atoms with Crippen molar-refractivity contribution in [2.75, 3.05) is 0 Å². The lowest BCUT2D eigenvalue weighted by Crippen LogP contribution is -2.23. The van der Waals surface area contributed by atoms with Crippen molar-refractivity contribution in [1.82, 2.24) is 14.0 Å². The lowest BCUT2D eigenvalue weighted by Gasteiger charge is -1.97. The van der Waals surface area contributed by atoms with Crippen molar-refractivity contribution in [1.29, 1.82) is 0 Å². The fourth-order valence-electron chi connectivity index (χ4n) is 2.96. The maximum atomic E-state index is 12.4. The zero-order valence-corrected chi connectivity index (χ0v) is 14.7. The van der Waals surface area contributed by atoms with E-state index < -0.39 is 0 Å². The van der Waals surface area contributed by atoms with Gasteiger partial charge in [0.25, 0.3) is 11.1 Å². The number of aromatic nitrogens is 3. The number of rotatable bonds is 2. The highest BCUT2D eigenvalue weighted by Crippen LogP contribution is 2.27. The van der Waals surface area contributed by atoms with E-state index in [1.54, 1.807) is 42.6 Å². The molecule has 3 aromatic heterocycles. The monoisotopic (exact) mass is 353 g/mol. The van der Waals surface area contributed by atoms with Gasteiger partial charge in [-0.2, -0.15) is 4.52 Å². The summed E-state index contributed by atoms with van der Waals surface area (Å²) in [4.78, 5) is 29.1. The molecule has 1 aromatic carbocycles. The van der Waals surface area contributed by atoms with Gasteiger partial charge in [0.1, 0.15) is 10.8 Å². The molecular weight excluding hydrogens is 338 g/mol. The zero-order valence-electron chi connectivity index (χ0n) is 13.9. The fraction of sp³-hybridized carbons (Fsp3) is 0.167. The van der Waals surface area contributed by atoms with Crippen LogP contribution in [0.4, 0.5) is 0 Å². The zero-order chi connectivity index (χ0) is 17.9. The Kier molecular flexibility index (Phi) is 3.30. The van der Waals surface area contributed by atoms with Crippen LogP contribution in [0.1, 0.15) is 27.5 Å². The van der Waals surface area contributed by atoms with E-state index in [0.29, 0.717) is 16.8 Å². The molecule has 4 rings (SSSR count). The summed E-state index contributed by atoms with van der Waals surface area (Å²) in [5, 5.41) is 10.3.